The number of rotatable bonds is 3. The summed E-state index contributed by atoms with van der Waals surface area (Å²) in [6.45, 7) is 0.992. The predicted octanol–water partition coefficient (Wildman–Crippen LogP) is 1.90. The van der Waals surface area contributed by atoms with Crippen LogP contribution in [0.1, 0.15) is 51.4 Å². The average molecular weight is 236 g/mol. The number of nitrogens with two attached hydrogens (primary N) is 1. The van der Waals surface area contributed by atoms with Gasteiger partial charge in [0, 0.05) is 25.0 Å². The SMILES string of the molecule is NC(CC(=O)N1CCC2CCCCC21)C1CC1. The zero-order valence-electron chi connectivity index (χ0n) is 10.6. The van der Waals surface area contributed by atoms with Gasteiger partial charge in [0.2, 0.25) is 5.91 Å². The van der Waals surface area contributed by atoms with Crippen molar-refractivity contribution in [3.8, 4) is 0 Å². The summed E-state index contributed by atoms with van der Waals surface area (Å²) in [5.74, 6) is 1.77. The lowest BCUT2D eigenvalue weighted by molar-refractivity contribution is -0.133. The maximum Gasteiger partial charge on any atom is 0.224 e. The first-order valence-corrected chi connectivity index (χ1v) is 7.31. The first kappa shape index (κ1) is 11.5. The van der Waals surface area contributed by atoms with E-state index in [9.17, 15) is 4.79 Å². The highest BCUT2D eigenvalue weighted by Gasteiger charge is 2.39. The summed E-state index contributed by atoms with van der Waals surface area (Å²) in [6.07, 6.45) is 9.53. The van der Waals surface area contributed by atoms with E-state index in [0.29, 0.717) is 24.3 Å². The average Bonchev–Trinajstić information content (AvgIpc) is 3.09. The number of carbonyl (C=O) groups excluding carboxylic acids is 1. The molecule has 96 valence electrons. The minimum absolute atomic E-state index is 0.130. The number of hydrogen-bond donors (Lipinski definition) is 1. The monoisotopic (exact) mass is 236 g/mol. The van der Waals surface area contributed by atoms with Crippen molar-refractivity contribution < 1.29 is 4.79 Å². The van der Waals surface area contributed by atoms with Crippen molar-refractivity contribution in [1.29, 1.82) is 0 Å². The highest BCUT2D eigenvalue weighted by atomic mass is 16.2. The summed E-state index contributed by atoms with van der Waals surface area (Å²) < 4.78 is 0. The molecule has 1 heterocycles. The molecule has 0 aromatic heterocycles. The van der Waals surface area contributed by atoms with E-state index in [2.05, 4.69) is 4.90 Å². The molecular formula is C14H24N2O. The van der Waals surface area contributed by atoms with Crippen molar-refractivity contribution in [3.05, 3.63) is 0 Å². The van der Waals surface area contributed by atoms with E-state index in [4.69, 9.17) is 5.73 Å². The Morgan fingerprint density at radius 3 is 2.71 bits per heavy atom. The van der Waals surface area contributed by atoms with E-state index in [0.717, 1.165) is 12.5 Å². The van der Waals surface area contributed by atoms with Crippen molar-refractivity contribution in [2.75, 3.05) is 6.54 Å². The number of likely N-dealkylation sites (tertiary alicyclic amines) is 1. The molecule has 2 saturated carbocycles. The first-order chi connectivity index (χ1) is 8.25. The van der Waals surface area contributed by atoms with Gasteiger partial charge in [-0.3, -0.25) is 4.79 Å². The standard InChI is InChI=1S/C14H24N2O/c15-12(10-5-6-10)9-14(17)16-8-7-11-3-1-2-4-13(11)16/h10-13H,1-9,15H2. The summed E-state index contributed by atoms with van der Waals surface area (Å²) in [4.78, 5) is 14.4. The normalized spacial score (nSPS) is 34.5. The first-order valence-electron chi connectivity index (χ1n) is 7.31. The number of carbonyl (C=O) groups is 1. The largest absolute Gasteiger partial charge is 0.339 e. The summed E-state index contributed by atoms with van der Waals surface area (Å²) in [5.41, 5.74) is 6.07. The third kappa shape index (κ3) is 2.35. The zero-order chi connectivity index (χ0) is 11.8. The molecule has 0 aromatic rings. The zero-order valence-corrected chi connectivity index (χ0v) is 10.6. The molecule has 2 aliphatic carbocycles. The van der Waals surface area contributed by atoms with Gasteiger partial charge in [0.15, 0.2) is 0 Å². The van der Waals surface area contributed by atoms with Crippen LogP contribution in [0.25, 0.3) is 0 Å². The molecule has 1 aliphatic heterocycles. The van der Waals surface area contributed by atoms with Gasteiger partial charge in [0.05, 0.1) is 0 Å². The van der Waals surface area contributed by atoms with Crippen molar-refractivity contribution in [2.45, 2.75) is 63.5 Å². The maximum atomic E-state index is 12.3. The molecule has 3 atom stereocenters. The summed E-state index contributed by atoms with van der Waals surface area (Å²) in [7, 11) is 0. The van der Waals surface area contributed by atoms with Gasteiger partial charge >= 0.3 is 0 Å². The van der Waals surface area contributed by atoms with Crippen LogP contribution in [-0.2, 0) is 4.79 Å². The Balaban J connectivity index is 1.57. The van der Waals surface area contributed by atoms with Crippen molar-refractivity contribution in [3.63, 3.8) is 0 Å². The molecule has 3 aliphatic rings. The van der Waals surface area contributed by atoms with Crippen LogP contribution in [0.3, 0.4) is 0 Å². The van der Waals surface area contributed by atoms with Gasteiger partial charge in [0.1, 0.15) is 0 Å². The van der Waals surface area contributed by atoms with E-state index in [1.807, 2.05) is 0 Å². The Bertz CT molecular complexity index is 301. The van der Waals surface area contributed by atoms with Crippen LogP contribution in [0.15, 0.2) is 0 Å². The van der Waals surface area contributed by atoms with E-state index in [-0.39, 0.29) is 6.04 Å². The van der Waals surface area contributed by atoms with Gasteiger partial charge in [-0.1, -0.05) is 12.8 Å². The van der Waals surface area contributed by atoms with E-state index >= 15 is 0 Å². The minimum atomic E-state index is 0.130. The van der Waals surface area contributed by atoms with Crippen LogP contribution in [0.4, 0.5) is 0 Å². The molecule has 0 radical (unpaired) electrons. The lowest BCUT2D eigenvalue weighted by atomic mass is 9.85. The third-order valence-corrected chi connectivity index (χ3v) is 4.97. The summed E-state index contributed by atoms with van der Waals surface area (Å²) >= 11 is 0. The fourth-order valence-electron chi connectivity index (χ4n) is 3.73. The second kappa shape index (κ2) is 4.60. The molecule has 3 nitrogen and oxygen atoms in total. The lowest BCUT2D eigenvalue weighted by Gasteiger charge is -2.32. The van der Waals surface area contributed by atoms with Crippen LogP contribution in [0.5, 0.6) is 0 Å². The maximum absolute atomic E-state index is 12.3. The number of hydrogen-bond acceptors (Lipinski definition) is 2. The second-order valence-electron chi connectivity index (χ2n) is 6.19. The van der Waals surface area contributed by atoms with E-state index < -0.39 is 0 Å². The molecule has 3 unspecified atom stereocenters. The lowest BCUT2D eigenvalue weighted by Crippen LogP contribution is -2.42. The molecule has 1 saturated heterocycles. The number of fused-ring (bicyclic) bond motifs is 1. The van der Waals surface area contributed by atoms with Gasteiger partial charge in [-0.05, 0) is 43.9 Å². The van der Waals surface area contributed by atoms with Gasteiger partial charge in [-0.2, -0.15) is 0 Å². The van der Waals surface area contributed by atoms with Crippen LogP contribution >= 0.6 is 0 Å². The van der Waals surface area contributed by atoms with Crippen LogP contribution in [0, 0.1) is 11.8 Å². The molecule has 2 N–H and O–H groups in total. The molecule has 3 fully saturated rings. The second-order valence-corrected chi connectivity index (χ2v) is 6.19. The number of amides is 1. The highest BCUT2D eigenvalue weighted by molar-refractivity contribution is 5.77. The third-order valence-electron chi connectivity index (χ3n) is 4.97. The van der Waals surface area contributed by atoms with Crippen LogP contribution in [0.2, 0.25) is 0 Å². The molecule has 0 bridgehead atoms. The van der Waals surface area contributed by atoms with Crippen molar-refractivity contribution >= 4 is 5.91 Å². The molecule has 3 heteroatoms. The van der Waals surface area contributed by atoms with Gasteiger partial charge in [-0.15, -0.1) is 0 Å². The predicted molar refractivity (Wildman–Crippen MR) is 67.4 cm³/mol. The van der Waals surface area contributed by atoms with E-state index in [1.165, 1.54) is 44.9 Å². The number of nitrogens with zero attached hydrogens (tertiary/aromatic N) is 1. The fourth-order valence-corrected chi connectivity index (χ4v) is 3.73. The van der Waals surface area contributed by atoms with Crippen molar-refractivity contribution in [2.24, 2.45) is 17.6 Å². The van der Waals surface area contributed by atoms with E-state index in [1.54, 1.807) is 0 Å². The fraction of sp³-hybridized carbons (Fsp3) is 0.929. The van der Waals surface area contributed by atoms with Crippen LogP contribution < -0.4 is 5.73 Å². The molecule has 17 heavy (non-hydrogen) atoms. The van der Waals surface area contributed by atoms with Gasteiger partial charge < -0.3 is 10.6 Å². The van der Waals surface area contributed by atoms with Crippen molar-refractivity contribution in [1.82, 2.24) is 4.90 Å². The smallest absolute Gasteiger partial charge is 0.224 e. The quantitative estimate of drug-likeness (QED) is 0.813. The molecule has 3 rings (SSSR count). The summed E-state index contributed by atoms with van der Waals surface area (Å²) in [5, 5.41) is 0. The Morgan fingerprint density at radius 1 is 1.18 bits per heavy atom. The molecule has 0 aromatic carbocycles. The highest BCUT2D eigenvalue weighted by Crippen LogP contribution is 2.37. The Labute approximate surface area is 104 Å². The summed E-state index contributed by atoms with van der Waals surface area (Å²) in [6, 6.07) is 0.688. The molecular weight excluding hydrogens is 212 g/mol. The Morgan fingerprint density at radius 2 is 1.94 bits per heavy atom. The van der Waals surface area contributed by atoms with Gasteiger partial charge in [-0.25, -0.2) is 0 Å². The Kier molecular flexibility index (Phi) is 3.12. The van der Waals surface area contributed by atoms with Crippen LogP contribution in [-0.4, -0.2) is 29.4 Å². The van der Waals surface area contributed by atoms with Gasteiger partial charge in [0.25, 0.3) is 0 Å². The Hall–Kier alpha value is -0.570. The minimum Gasteiger partial charge on any atom is -0.339 e. The molecule has 1 amide bonds. The molecule has 0 spiro atoms. The topological polar surface area (TPSA) is 46.3 Å².